The van der Waals surface area contributed by atoms with Crippen LogP contribution in [0.15, 0.2) is 11.6 Å². The van der Waals surface area contributed by atoms with Gasteiger partial charge in [-0.05, 0) is 0 Å². The van der Waals surface area contributed by atoms with Crippen molar-refractivity contribution < 1.29 is 0 Å². The molecule has 2 aromatic rings. The summed E-state index contributed by atoms with van der Waals surface area (Å²) in [4.78, 5) is 4.06. The number of anilines is 1. The summed E-state index contributed by atoms with van der Waals surface area (Å²) < 4.78 is 3.71. The van der Waals surface area contributed by atoms with E-state index < -0.39 is 0 Å². The van der Waals surface area contributed by atoms with Crippen molar-refractivity contribution in [2.24, 2.45) is 0 Å². The Morgan fingerprint density at radius 2 is 2.36 bits per heavy atom. The van der Waals surface area contributed by atoms with Gasteiger partial charge in [0.15, 0.2) is 5.69 Å². The Balaban J connectivity index is 2.53. The maximum Gasteiger partial charge on any atom is 0.157 e. The quantitative estimate of drug-likeness (QED) is 0.724. The van der Waals surface area contributed by atoms with Crippen LogP contribution in [0.4, 0.5) is 5.00 Å². The minimum absolute atomic E-state index is 0.625. The summed E-state index contributed by atoms with van der Waals surface area (Å²) in [5.74, 6) is 0. The first-order valence-electron chi connectivity index (χ1n) is 2.85. The lowest BCUT2D eigenvalue weighted by Crippen LogP contribution is -1.84. The molecule has 0 unspecified atom stereocenters. The van der Waals surface area contributed by atoms with Gasteiger partial charge in [-0.2, -0.15) is 0 Å². The molecule has 0 aromatic carbocycles. The molecule has 0 amide bonds. The van der Waals surface area contributed by atoms with Gasteiger partial charge in [0.2, 0.25) is 0 Å². The molecule has 0 radical (unpaired) electrons. The minimum Gasteiger partial charge on any atom is -0.387 e. The fraction of sp³-hybridized carbons (Fsp3) is 0. The molecule has 4 nitrogen and oxygen atoms in total. The molecule has 6 heteroatoms. The van der Waals surface area contributed by atoms with E-state index in [4.69, 9.17) is 5.73 Å². The predicted octanol–water partition coefficient (Wildman–Crippen LogP) is 1.24. The number of nitrogens with two attached hydrogens (primary N) is 1. The Morgan fingerprint density at radius 3 is 2.91 bits per heavy atom. The molecule has 0 fully saturated rings. The van der Waals surface area contributed by atoms with E-state index in [-0.39, 0.29) is 0 Å². The minimum atomic E-state index is 0.625. The molecule has 56 valence electrons. The van der Waals surface area contributed by atoms with Crippen LogP contribution < -0.4 is 5.73 Å². The fourth-order valence-corrected chi connectivity index (χ4v) is 1.82. The zero-order valence-electron chi connectivity index (χ0n) is 5.39. The summed E-state index contributed by atoms with van der Waals surface area (Å²) in [6.45, 7) is 0. The van der Waals surface area contributed by atoms with Gasteiger partial charge < -0.3 is 5.73 Å². The second kappa shape index (κ2) is 2.55. The standard InChI is InChI=1S/C5H4N4S2/c6-4-3(8-9-11-4)5-7-1-2-10-5/h1-2H,6H2. The first-order chi connectivity index (χ1) is 5.38. The van der Waals surface area contributed by atoms with Crippen LogP contribution in [0, 0.1) is 0 Å². The molecule has 2 N–H and O–H groups in total. The molecule has 11 heavy (non-hydrogen) atoms. The van der Waals surface area contributed by atoms with E-state index >= 15 is 0 Å². The van der Waals surface area contributed by atoms with Crippen LogP contribution in [-0.4, -0.2) is 14.6 Å². The third kappa shape index (κ3) is 1.10. The predicted molar refractivity (Wildman–Crippen MR) is 45.4 cm³/mol. The van der Waals surface area contributed by atoms with Crippen LogP contribution in [0.5, 0.6) is 0 Å². The third-order valence-electron chi connectivity index (χ3n) is 1.15. The summed E-state index contributed by atoms with van der Waals surface area (Å²) in [6, 6.07) is 0. The molecule has 0 aliphatic heterocycles. The molecule has 0 saturated carbocycles. The number of aromatic nitrogens is 3. The summed E-state index contributed by atoms with van der Waals surface area (Å²) in [7, 11) is 0. The van der Waals surface area contributed by atoms with E-state index in [1.807, 2.05) is 5.38 Å². The van der Waals surface area contributed by atoms with Gasteiger partial charge in [0.1, 0.15) is 10.0 Å². The Labute approximate surface area is 70.9 Å². The van der Waals surface area contributed by atoms with Crippen molar-refractivity contribution >= 4 is 27.9 Å². The molecule has 0 atom stereocenters. The highest BCUT2D eigenvalue weighted by atomic mass is 32.1. The van der Waals surface area contributed by atoms with Crippen LogP contribution in [-0.2, 0) is 0 Å². The highest BCUT2D eigenvalue weighted by Crippen LogP contribution is 2.26. The average Bonchev–Trinajstić information content (AvgIpc) is 2.55. The van der Waals surface area contributed by atoms with Crippen molar-refractivity contribution in [2.45, 2.75) is 0 Å². The molecule has 0 saturated heterocycles. The fourth-order valence-electron chi connectivity index (χ4n) is 0.686. The second-order valence-electron chi connectivity index (χ2n) is 1.82. The SMILES string of the molecule is Nc1snnc1-c1nccs1. The number of thiazole rings is 1. The molecule has 0 bridgehead atoms. The molecular weight excluding hydrogens is 180 g/mol. The number of nitrogens with zero attached hydrogens (tertiary/aromatic N) is 3. The van der Waals surface area contributed by atoms with Crippen LogP contribution in [0.25, 0.3) is 10.7 Å². The van der Waals surface area contributed by atoms with Crippen molar-refractivity contribution in [1.82, 2.24) is 14.6 Å². The van der Waals surface area contributed by atoms with E-state index in [9.17, 15) is 0 Å². The van der Waals surface area contributed by atoms with Gasteiger partial charge in [0.05, 0.1) is 0 Å². The summed E-state index contributed by atoms with van der Waals surface area (Å²) in [5, 5.41) is 7.19. The van der Waals surface area contributed by atoms with Gasteiger partial charge in [-0.1, -0.05) is 4.49 Å². The van der Waals surface area contributed by atoms with Crippen molar-refractivity contribution in [2.75, 3.05) is 5.73 Å². The van der Waals surface area contributed by atoms with E-state index in [0.717, 1.165) is 5.01 Å². The van der Waals surface area contributed by atoms with Gasteiger partial charge in [-0.15, -0.1) is 16.4 Å². The first kappa shape index (κ1) is 6.68. The second-order valence-corrected chi connectivity index (χ2v) is 3.50. The smallest absolute Gasteiger partial charge is 0.157 e. The largest absolute Gasteiger partial charge is 0.387 e. The number of hydrogen-bond acceptors (Lipinski definition) is 6. The molecule has 0 spiro atoms. The van der Waals surface area contributed by atoms with E-state index in [0.29, 0.717) is 10.7 Å². The van der Waals surface area contributed by atoms with Crippen LogP contribution in [0.3, 0.4) is 0 Å². The van der Waals surface area contributed by atoms with Crippen LogP contribution in [0.2, 0.25) is 0 Å². The average molecular weight is 184 g/mol. The Morgan fingerprint density at radius 1 is 1.45 bits per heavy atom. The van der Waals surface area contributed by atoms with Gasteiger partial charge in [0, 0.05) is 23.1 Å². The molecule has 2 aromatic heterocycles. The van der Waals surface area contributed by atoms with E-state index in [1.54, 1.807) is 6.20 Å². The highest BCUT2D eigenvalue weighted by molar-refractivity contribution is 7.14. The molecular formula is C5H4N4S2. The molecule has 0 aliphatic carbocycles. The lowest BCUT2D eigenvalue weighted by molar-refractivity contribution is 1.15. The summed E-state index contributed by atoms with van der Waals surface area (Å²) >= 11 is 2.69. The molecule has 2 heterocycles. The van der Waals surface area contributed by atoms with Gasteiger partial charge in [-0.3, -0.25) is 0 Å². The number of rotatable bonds is 1. The van der Waals surface area contributed by atoms with Crippen molar-refractivity contribution in [3.8, 4) is 10.7 Å². The Hall–Kier alpha value is -1.01. The van der Waals surface area contributed by atoms with Crippen molar-refractivity contribution in [1.29, 1.82) is 0 Å². The Bertz CT molecular complexity index is 339. The molecule has 0 aliphatic rings. The van der Waals surface area contributed by atoms with E-state index in [2.05, 4.69) is 14.6 Å². The lowest BCUT2D eigenvalue weighted by atomic mass is 10.5. The van der Waals surface area contributed by atoms with Crippen LogP contribution in [0.1, 0.15) is 0 Å². The monoisotopic (exact) mass is 184 g/mol. The summed E-state index contributed by atoms with van der Waals surface area (Å²) in [6.07, 6.45) is 1.72. The zero-order valence-corrected chi connectivity index (χ0v) is 7.02. The van der Waals surface area contributed by atoms with Crippen LogP contribution >= 0.6 is 22.9 Å². The Kier molecular flexibility index (Phi) is 1.55. The van der Waals surface area contributed by atoms with Gasteiger partial charge in [0.25, 0.3) is 0 Å². The first-order valence-corrected chi connectivity index (χ1v) is 4.51. The van der Waals surface area contributed by atoms with Gasteiger partial charge >= 0.3 is 0 Å². The topological polar surface area (TPSA) is 64.7 Å². The summed E-state index contributed by atoms with van der Waals surface area (Å²) in [5.41, 5.74) is 6.29. The van der Waals surface area contributed by atoms with Gasteiger partial charge in [-0.25, -0.2) is 4.98 Å². The van der Waals surface area contributed by atoms with Crippen molar-refractivity contribution in [3.63, 3.8) is 0 Å². The lowest BCUT2D eigenvalue weighted by Gasteiger charge is -1.86. The maximum absolute atomic E-state index is 5.59. The maximum atomic E-state index is 5.59. The third-order valence-corrected chi connectivity index (χ3v) is 2.48. The highest BCUT2D eigenvalue weighted by Gasteiger charge is 2.08. The number of hydrogen-bond donors (Lipinski definition) is 1. The normalized spacial score (nSPS) is 10.2. The van der Waals surface area contributed by atoms with E-state index in [1.165, 1.54) is 22.9 Å². The number of nitrogen functional groups attached to an aromatic ring is 1. The zero-order chi connectivity index (χ0) is 7.68. The molecule has 2 rings (SSSR count). The van der Waals surface area contributed by atoms with Crippen molar-refractivity contribution in [3.05, 3.63) is 11.6 Å².